The van der Waals surface area contributed by atoms with Gasteiger partial charge in [-0.1, -0.05) is 36.4 Å². The molecular weight excluding hydrogens is 268 g/mol. The maximum Gasteiger partial charge on any atom is 0.129 e. The summed E-state index contributed by atoms with van der Waals surface area (Å²) in [5.74, 6) is -0.918. The van der Waals surface area contributed by atoms with Crippen molar-refractivity contribution in [1.29, 1.82) is 0 Å². The van der Waals surface area contributed by atoms with Gasteiger partial charge in [0.25, 0.3) is 0 Å². The molecule has 0 spiro atoms. The van der Waals surface area contributed by atoms with Gasteiger partial charge in [0.2, 0.25) is 0 Å². The van der Waals surface area contributed by atoms with Crippen molar-refractivity contribution >= 4 is 0 Å². The van der Waals surface area contributed by atoms with Gasteiger partial charge in [0.15, 0.2) is 0 Å². The van der Waals surface area contributed by atoms with Gasteiger partial charge in [-0.3, -0.25) is 0 Å². The first-order valence-corrected chi connectivity index (χ1v) is 7.33. The second-order valence-electron chi connectivity index (χ2n) is 5.77. The molecule has 1 unspecified atom stereocenters. The van der Waals surface area contributed by atoms with Crippen molar-refractivity contribution in [2.75, 3.05) is 7.05 Å². The van der Waals surface area contributed by atoms with E-state index in [2.05, 4.69) is 17.4 Å². The molecule has 2 aromatic rings. The molecule has 1 atom stereocenters. The van der Waals surface area contributed by atoms with E-state index in [4.69, 9.17) is 0 Å². The third kappa shape index (κ3) is 2.58. The second kappa shape index (κ2) is 5.57. The minimum Gasteiger partial charge on any atom is -0.316 e. The van der Waals surface area contributed by atoms with Gasteiger partial charge in [0.05, 0.1) is 0 Å². The second-order valence-corrected chi connectivity index (χ2v) is 5.77. The van der Waals surface area contributed by atoms with Crippen LogP contribution in [0.4, 0.5) is 8.78 Å². The summed E-state index contributed by atoms with van der Waals surface area (Å²) in [5, 5.41) is 3.27. The van der Waals surface area contributed by atoms with E-state index in [0.29, 0.717) is 6.42 Å². The van der Waals surface area contributed by atoms with Crippen LogP contribution in [-0.4, -0.2) is 13.1 Å². The number of benzene rings is 2. The van der Waals surface area contributed by atoms with Crippen LogP contribution < -0.4 is 5.32 Å². The normalized spacial score (nSPS) is 17.5. The van der Waals surface area contributed by atoms with Crippen LogP contribution in [0.15, 0.2) is 48.5 Å². The molecule has 0 heterocycles. The van der Waals surface area contributed by atoms with Gasteiger partial charge in [0, 0.05) is 17.0 Å². The molecule has 0 radical (unpaired) electrons. The summed E-state index contributed by atoms with van der Waals surface area (Å²) in [5.41, 5.74) is 1.44. The zero-order valence-electron chi connectivity index (χ0n) is 12.1. The van der Waals surface area contributed by atoms with E-state index >= 15 is 0 Å². The summed E-state index contributed by atoms with van der Waals surface area (Å²) in [6.45, 7) is 0. The Morgan fingerprint density at radius 2 is 1.62 bits per heavy atom. The molecule has 3 rings (SSSR count). The number of rotatable bonds is 5. The lowest BCUT2D eigenvalue weighted by Crippen LogP contribution is -2.40. The number of hydrogen-bond donors (Lipinski definition) is 1. The lowest BCUT2D eigenvalue weighted by molar-refractivity contribution is 0.425. The molecule has 1 N–H and O–H groups in total. The zero-order chi connectivity index (χ0) is 14.9. The highest BCUT2D eigenvalue weighted by atomic mass is 19.1. The molecule has 1 aliphatic rings. The molecule has 21 heavy (non-hydrogen) atoms. The van der Waals surface area contributed by atoms with Crippen molar-refractivity contribution in [3.63, 3.8) is 0 Å². The summed E-state index contributed by atoms with van der Waals surface area (Å²) in [4.78, 5) is 0. The number of hydrogen-bond acceptors (Lipinski definition) is 1. The highest BCUT2D eigenvalue weighted by Crippen LogP contribution is 2.51. The molecule has 1 fully saturated rings. The molecule has 0 saturated heterocycles. The Bertz CT molecular complexity index is 600. The molecule has 0 amide bonds. The maximum atomic E-state index is 13.9. The van der Waals surface area contributed by atoms with E-state index in [0.717, 1.165) is 12.8 Å². The standard InChI is InChI=1S/C18H19F2N/c1-21-17(12-14-15(19)8-5-9-16(14)20)18(10-11-18)13-6-3-2-4-7-13/h2-9,17,21H,10-12H2,1H3. The quantitative estimate of drug-likeness (QED) is 0.881. The van der Waals surface area contributed by atoms with Crippen LogP contribution in [0.1, 0.15) is 24.0 Å². The highest BCUT2D eigenvalue weighted by molar-refractivity contribution is 5.35. The molecule has 110 valence electrons. The summed E-state index contributed by atoms with van der Waals surface area (Å²) < 4.78 is 27.8. The summed E-state index contributed by atoms with van der Waals surface area (Å²) in [7, 11) is 1.87. The molecule has 0 aliphatic heterocycles. The lowest BCUT2D eigenvalue weighted by Gasteiger charge is -2.27. The SMILES string of the molecule is CNC(Cc1c(F)cccc1F)C1(c2ccccc2)CC1. The topological polar surface area (TPSA) is 12.0 Å². The predicted octanol–water partition coefficient (Wildman–Crippen LogP) is 3.83. The van der Waals surface area contributed by atoms with E-state index in [1.54, 1.807) is 0 Å². The van der Waals surface area contributed by atoms with E-state index in [-0.39, 0.29) is 17.0 Å². The Hall–Kier alpha value is -1.74. The Balaban J connectivity index is 1.90. The van der Waals surface area contributed by atoms with Gasteiger partial charge in [-0.05, 0) is 44.0 Å². The molecule has 0 bridgehead atoms. The average molecular weight is 287 g/mol. The van der Waals surface area contributed by atoms with Crippen LogP contribution in [0.25, 0.3) is 0 Å². The average Bonchev–Trinajstić information content (AvgIpc) is 3.30. The predicted molar refractivity (Wildman–Crippen MR) is 80.3 cm³/mol. The molecular formula is C18H19F2N. The fraction of sp³-hybridized carbons (Fsp3) is 0.333. The largest absolute Gasteiger partial charge is 0.316 e. The van der Waals surface area contributed by atoms with Crippen molar-refractivity contribution in [3.8, 4) is 0 Å². The van der Waals surface area contributed by atoms with E-state index in [9.17, 15) is 8.78 Å². The van der Waals surface area contributed by atoms with Gasteiger partial charge in [0.1, 0.15) is 11.6 Å². The molecule has 1 nitrogen and oxygen atoms in total. The molecule has 1 saturated carbocycles. The Kier molecular flexibility index (Phi) is 3.77. The minimum atomic E-state index is -0.459. The van der Waals surface area contributed by atoms with Crippen molar-refractivity contribution in [2.45, 2.75) is 30.7 Å². The van der Waals surface area contributed by atoms with Gasteiger partial charge >= 0.3 is 0 Å². The van der Waals surface area contributed by atoms with Crippen molar-refractivity contribution in [1.82, 2.24) is 5.32 Å². The van der Waals surface area contributed by atoms with Crippen LogP contribution in [0.3, 0.4) is 0 Å². The fourth-order valence-electron chi connectivity index (χ4n) is 3.25. The van der Waals surface area contributed by atoms with Gasteiger partial charge in [-0.2, -0.15) is 0 Å². The number of likely N-dealkylation sites (N-methyl/N-ethyl adjacent to an activating group) is 1. The number of halogens is 2. The highest BCUT2D eigenvalue weighted by Gasteiger charge is 2.50. The Morgan fingerprint density at radius 3 is 2.14 bits per heavy atom. The Morgan fingerprint density at radius 1 is 1.00 bits per heavy atom. The van der Waals surface area contributed by atoms with Crippen LogP contribution >= 0.6 is 0 Å². The van der Waals surface area contributed by atoms with Gasteiger partial charge < -0.3 is 5.32 Å². The molecule has 0 aromatic heterocycles. The lowest BCUT2D eigenvalue weighted by atomic mass is 9.84. The first-order chi connectivity index (χ1) is 10.2. The van der Waals surface area contributed by atoms with Crippen LogP contribution in [0.2, 0.25) is 0 Å². The fourth-order valence-corrected chi connectivity index (χ4v) is 3.25. The van der Waals surface area contributed by atoms with Crippen molar-refractivity contribution < 1.29 is 8.78 Å². The monoisotopic (exact) mass is 287 g/mol. The summed E-state index contributed by atoms with van der Waals surface area (Å²) in [6, 6.07) is 14.3. The van der Waals surface area contributed by atoms with E-state index in [1.807, 2.05) is 25.2 Å². The number of nitrogens with one attached hydrogen (secondary N) is 1. The minimum absolute atomic E-state index is 0.00469. The zero-order valence-corrected chi connectivity index (χ0v) is 12.1. The van der Waals surface area contributed by atoms with Crippen LogP contribution in [-0.2, 0) is 11.8 Å². The van der Waals surface area contributed by atoms with Gasteiger partial charge in [-0.25, -0.2) is 8.78 Å². The first-order valence-electron chi connectivity index (χ1n) is 7.33. The summed E-state index contributed by atoms with van der Waals surface area (Å²) >= 11 is 0. The summed E-state index contributed by atoms with van der Waals surface area (Å²) in [6.07, 6.45) is 2.47. The molecule has 1 aliphatic carbocycles. The van der Waals surface area contributed by atoms with Gasteiger partial charge in [-0.15, -0.1) is 0 Å². The van der Waals surface area contributed by atoms with Crippen molar-refractivity contribution in [3.05, 3.63) is 71.3 Å². The third-order valence-electron chi connectivity index (χ3n) is 4.62. The third-order valence-corrected chi connectivity index (χ3v) is 4.62. The van der Waals surface area contributed by atoms with Crippen molar-refractivity contribution in [2.24, 2.45) is 0 Å². The Labute approximate surface area is 124 Å². The van der Waals surface area contributed by atoms with E-state index in [1.165, 1.54) is 23.8 Å². The first kappa shape index (κ1) is 14.2. The molecule has 2 aromatic carbocycles. The van der Waals surface area contributed by atoms with E-state index < -0.39 is 11.6 Å². The maximum absolute atomic E-state index is 13.9. The molecule has 3 heteroatoms. The smallest absolute Gasteiger partial charge is 0.129 e. The van der Waals surface area contributed by atoms with Crippen LogP contribution in [0, 0.1) is 11.6 Å². The van der Waals surface area contributed by atoms with Crippen LogP contribution in [0.5, 0.6) is 0 Å².